The van der Waals surface area contributed by atoms with Crippen molar-refractivity contribution in [3.05, 3.63) is 82.4 Å². The molecule has 2 heterocycles. The number of fused-ring (bicyclic) bond motifs is 1. The SMILES string of the molecule is O=C(/C=C/c1ccc([N+](=O)[O-])cc1)N1CCN(c2ccc3ccccc3n2)CC1. The van der Waals surface area contributed by atoms with E-state index in [9.17, 15) is 14.9 Å². The summed E-state index contributed by atoms with van der Waals surface area (Å²) in [4.78, 5) is 31.4. The Labute approximate surface area is 168 Å². The third kappa shape index (κ3) is 4.24. The lowest BCUT2D eigenvalue weighted by atomic mass is 10.2. The first-order chi connectivity index (χ1) is 14.1. The number of carbonyl (C=O) groups excluding carboxylic acids is 1. The highest BCUT2D eigenvalue weighted by atomic mass is 16.6. The second-order valence-electron chi connectivity index (χ2n) is 6.86. The highest BCUT2D eigenvalue weighted by Gasteiger charge is 2.20. The summed E-state index contributed by atoms with van der Waals surface area (Å²) in [6.45, 7) is 2.70. The van der Waals surface area contributed by atoms with E-state index >= 15 is 0 Å². The number of nitrogens with zero attached hydrogens (tertiary/aromatic N) is 4. The lowest BCUT2D eigenvalue weighted by Gasteiger charge is -2.35. The number of piperazine rings is 1. The van der Waals surface area contributed by atoms with Gasteiger partial charge in [0.05, 0.1) is 10.4 Å². The van der Waals surface area contributed by atoms with Gasteiger partial charge in [-0.1, -0.05) is 18.2 Å². The van der Waals surface area contributed by atoms with Crippen molar-refractivity contribution in [2.45, 2.75) is 0 Å². The molecule has 0 unspecified atom stereocenters. The molecule has 1 amide bonds. The Kier molecular flexibility index (Phi) is 5.20. The van der Waals surface area contributed by atoms with Crippen molar-refractivity contribution in [2.24, 2.45) is 0 Å². The summed E-state index contributed by atoms with van der Waals surface area (Å²) in [7, 11) is 0. The van der Waals surface area contributed by atoms with Gasteiger partial charge in [0.25, 0.3) is 5.69 Å². The number of hydrogen-bond donors (Lipinski definition) is 0. The fraction of sp³-hybridized carbons (Fsp3) is 0.182. The normalized spacial score (nSPS) is 14.5. The highest BCUT2D eigenvalue weighted by molar-refractivity contribution is 5.92. The van der Waals surface area contributed by atoms with Crippen LogP contribution in [0.25, 0.3) is 17.0 Å². The number of anilines is 1. The van der Waals surface area contributed by atoms with Crippen molar-refractivity contribution >= 4 is 34.4 Å². The maximum atomic E-state index is 12.5. The Bertz CT molecular complexity index is 1070. The minimum Gasteiger partial charge on any atom is -0.353 e. The summed E-state index contributed by atoms with van der Waals surface area (Å²) in [5.41, 5.74) is 1.75. The molecule has 146 valence electrons. The van der Waals surface area contributed by atoms with Crippen LogP contribution >= 0.6 is 0 Å². The Morgan fingerprint density at radius 3 is 2.41 bits per heavy atom. The number of nitro benzene ring substituents is 1. The molecule has 0 N–H and O–H groups in total. The molecule has 29 heavy (non-hydrogen) atoms. The zero-order valence-corrected chi connectivity index (χ0v) is 15.8. The van der Waals surface area contributed by atoms with Crippen LogP contribution in [-0.2, 0) is 4.79 Å². The van der Waals surface area contributed by atoms with E-state index in [1.807, 2.05) is 30.3 Å². The van der Waals surface area contributed by atoms with E-state index in [2.05, 4.69) is 11.0 Å². The quantitative estimate of drug-likeness (QED) is 0.388. The van der Waals surface area contributed by atoms with Crippen LogP contribution in [0.15, 0.2) is 66.7 Å². The topological polar surface area (TPSA) is 79.6 Å². The van der Waals surface area contributed by atoms with E-state index < -0.39 is 4.92 Å². The Morgan fingerprint density at radius 1 is 0.966 bits per heavy atom. The molecule has 0 radical (unpaired) electrons. The van der Waals surface area contributed by atoms with E-state index in [0.717, 1.165) is 35.4 Å². The number of rotatable bonds is 4. The molecule has 0 spiro atoms. The molecule has 0 saturated carbocycles. The van der Waals surface area contributed by atoms with Gasteiger partial charge in [-0.3, -0.25) is 14.9 Å². The van der Waals surface area contributed by atoms with E-state index in [-0.39, 0.29) is 11.6 Å². The van der Waals surface area contributed by atoms with Crippen LogP contribution in [0.2, 0.25) is 0 Å². The van der Waals surface area contributed by atoms with Gasteiger partial charge >= 0.3 is 0 Å². The Hall–Kier alpha value is -3.74. The molecule has 7 heteroatoms. The minimum absolute atomic E-state index is 0.0342. The van der Waals surface area contributed by atoms with Crippen molar-refractivity contribution < 1.29 is 9.72 Å². The predicted molar refractivity (Wildman–Crippen MR) is 113 cm³/mol. The van der Waals surface area contributed by atoms with Gasteiger partial charge < -0.3 is 9.80 Å². The van der Waals surface area contributed by atoms with Gasteiger partial charge in [-0.2, -0.15) is 0 Å². The monoisotopic (exact) mass is 388 g/mol. The summed E-state index contributed by atoms with van der Waals surface area (Å²) in [5, 5.41) is 11.8. The van der Waals surface area contributed by atoms with Crippen molar-refractivity contribution in [3.8, 4) is 0 Å². The van der Waals surface area contributed by atoms with Crippen molar-refractivity contribution in [2.75, 3.05) is 31.1 Å². The molecule has 1 fully saturated rings. The molecule has 1 aromatic heterocycles. The van der Waals surface area contributed by atoms with Crippen LogP contribution in [-0.4, -0.2) is 46.9 Å². The molecule has 1 aliphatic heterocycles. The number of amides is 1. The second kappa shape index (κ2) is 8.10. The van der Waals surface area contributed by atoms with Crippen LogP contribution in [0.5, 0.6) is 0 Å². The van der Waals surface area contributed by atoms with Gasteiger partial charge in [-0.15, -0.1) is 0 Å². The molecule has 2 aromatic carbocycles. The minimum atomic E-state index is -0.442. The van der Waals surface area contributed by atoms with Gasteiger partial charge in [-0.25, -0.2) is 4.98 Å². The lowest BCUT2D eigenvalue weighted by Crippen LogP contribution is -2.48. The number of para-hydroxylation sites is 1. The van der Waals surface area contributed by atoms with Gasteiger partial charge in [0.15, 0.2) is 0 Å². The number of nitro groups is 1. The van der Waals surface area contributed by atoms with Crippen LogP contribution in [0.1, 0.15) is 5.56 Å². The summed E-state index contributed by atoms with van der Waals surface area (Å²) in [5.74, 6) is 0.867. The largest absolute Gasteiger partial charge is 0.353 e. The van der Waals surface area contributed by atoms with Crippen LogP contribution in [0, 0.1) is 10.1 Å². The highest BCUT2D eigenvalue weighted by Crippen LogP contribution is 2.19. The van der Waals surface area contributed by atoms with Crippen molar-refractivity contribution in [1.29, 1.82) is 0 Å². The van der Waals surface area contributed by atoms with E-state index in [4.69, 9.17) is 4.98 Å². The summed E-state index contributed by atoms with van der Waals surface area (Å²) in [6, 6.07) is 18.2. The first-order valence-corrected chi connectivity index (χ1v) is 9.42. The molecular weight excluding hydrogens is 368 g/mol. The predicted octanol–water partition coefficient (Wildman–Crippen LogP) is 3.51. The maximum Gasteiger partial charge on any atom is 0.269 e. The average molecular weight is 388 g/mol. The number of benzene rings is 2. The first kappa shape index (κ1) is 18.6. The standard InChI is InChI=1S/C22H20N4O3/c27-22(12-7-17-5-9-19(10-6-17)26(28)29)25-15-13-24(14-16-25)21-11-8-18-3-1-2-4-20(18)23-21/h1-12H,13-16H2/b12-7+. The fourth-order valence-electron chi connectivity index (χ4n) is 3.37. The molecule has 7 nitrogen and oxygen atoms in total. The zero-order valence-electron chi connectivity index (χ0n) is 15.8. The van der Waals surface area contributed by atoms with Gasteiger partial charge in [-0.05, 0) is 42.0 Å². The molecular formula is C22H20N4O3. The Morgan fingerprint density at radius 2 is 1.69 bits per heavy atom. The first-order valence-electron chi connectivity index (χ1n) is 9.42. The molecule has 1 aliphatic rings. The second-order valence-corrected chi connectivity index (χ2v) is 6.86. The zero-order chi connectivity index (χ0) is 20.2. The number of aromatic nitrogens is 1. The van der Waals surface area contributed by atoms with Crippen molar-refractivity contribution in [3.63, 3.8) is 0 Å². The summed E-state index contributed by atoms with van der Waals surface area (Å²) < 4.78 is 0. The van der Waals surface area contributed by atoms with Crippen molar-refractivity contribution in [1.82, 2.24) is 9.88 Å². The maximum absolute atomic E-state index is 12.5. The van der Waals surface area contributed by atoms with Crippen LogP contribution < -0.4 is 4.90 Å². The summed E-state index contributed by atoms with van der Waals surface area (Å²) in [6.07, 6.45) is 3.20. The lowest BCUT2D eigenvalue weighted by molar-refractivity contribution is -0.384. The third-order valence-electron chi connectivity index (χ3n) is 5.02. The molecule has 0 aliphatic carbocycles. The van der Waals surface area contributed by atoms with Gasteiger partial charge in [0.2, 0.25) is 5.91 Å². The molecule has 3 aromatic rings. The van der Waals surface area contributed by atoms with Crippen LogP contribution in [0.3, 0.4) is 0 Å². The van der Waals surface area contributed by atoms with E-state index in [0.29, 0.717) is 13.1 Å². The fourth-order valence-corrected chi connectivity index (χ4v) is 3.37. The van der Waals surface area contributed by atoms with E-state index in [1.54, 1.807) is 23.1 Å². The number of hydrogen-bond acceptors (Lipinski definition) is 5. The molecule has 0 atom stereocenters. The van der Waals surface area contributed by atoms with E-state index in [1.165, 1.54) is 18.2 Å². The number of pyridine rings is 1. The number of carbonyl (C=O) groups is 1. The van der Waals surface area contributed by atoms with Gasteiger partial charge in [0, 0.05) is 49.8 Å². The third-order valence-corrected chi connectivity index (χ3v) is 5.02. The molecule has 1 saturated heterocycles. The average Bonchev–Trinajstić information content (AvgIpc) is 2.77. The van der Waals surface area contributed by atoms with Crippen LogP contribution in [0.4, 0.5) is 11.5 Å². The van der Waals surface area contributed by atoms with Gasteiger partial charge in [0.1, 0.15) is 5.82 Å². The molecule has 0 bridgehead atoms. The molecule has 4 rings (SSSR count). The smallest absolute Gasteiger partial charge is 0.269 e. The Balaban J connectivity index is 1.35. The number of non-ortho nitro benzene ring substituents is 1. The summed E-state index contributed by atoms with van der Waals surface area (Å²) >= 11 is 0.